The fraction of sp³-hybridized carbons (Fsp3) is 0.677. The van der Waals surface area contributed by atoms with Gasteiger partial charge in [-0.05, 0) is 43.5 Å². The van der Waals surface area contributed by atoms with E-state index in [0.717, 1.165) is 24.6 Å². The molecule has 0 spiro atoms. The van der Waals surface area contributed by atoms with Crippen LogP contribution in [0.3, 0.4) is 0 Å². The van der Waals surface area contributed by atoms with Gasteiger partial charge in [0.05, 0.1) is 20.6 Å². The number of aromatic nitrogens is 2. The average molecular weight is 500 g/mol. The van der Waals surface area contributed by atoms with Crippen molar-refractivity contribution in [2.75, 3.05) is 32.1 Å². The van der Waals surface area contributed by atoms with Crippen LogP contribution in [0, 0.1) is 0 Å². The zero-order valence-corrected chi connectivity index (χ0v) is 23.9. The molecule has 1 aromatic carbocycles. The van der Waals surface area contributed by atoms with Crippen molar-refractivity contribution >= 4 is 5.95 Å². The zero-order valence-electron chi connectivity index (χ0n) is 23.9. The molecule has 2 N–H and O–H groups in total. The maximum absolute atomic E-state index is 9.23. The molecule has 5 heteroatoms. The number of phenolic OH excluding ortho intramolecular Hbond substituents is 1. The molecular weight excluding hydrogens is 444 g/mol. The third-order valence-corrected chi connectivity index (χ3v) is 6.56. The Labute approximate surface area is 222 Å². The minimum absolute atomic E-state index is 0.285. The van der Waals surface area contributed by atoms with Crippen molar-refractivity contribution in [3.63, 3.8) is 0 Å². The van der Waals surface area contributed by atoms with Gasteiger partial charge in [-0.3, -0.25) is 0 Å². The quantitative estimate of drug-likeness (QED) is 0.208. The summed E-state index contributed by atoms with van der Waals surface area (Å²) in [6.07, 6.45) is 23.9. The molecule has 1 heterocycles. The number of hydrogen-bond acceptors (Lipinski definition) is 4. The molecule has 5 nitrogen and oxygen atoms in total. The van der Waals surface area contributed by atoms with Gasteiger partial charge in [-0.2, -0.15) is 0 Å². The van der Waals surface area contributed by atoms with E-state index < -0.39 is 0 Å². The Kier molecular flexibility index (Phi) is 19.6. The molecule has 1 aromatic heterocycles. The van der Waals surface area contributed by atoms with Gasteiger partial charge in [-0.1, -0.05) is 96.1 Å². The second-order valence-corrected chi connectivity index (χ2v) is 10.3. The lowest BCUT2D eigenvalue weighted by atomic mass is 10.0. The van der Waals surface area contributed by atoms with Gasteiger partial charge in [0.1, 0.15) is 5.75 Å². The minimum atomic E-state index is 0.285. The van der Waals surface area contributed by atoms with Crippen LogP contribution in [0.15, 0.2) is 42.7 Å². The molecule has 36 heavy (non-hydrogen) atoms. The molecule has 0 fully saturated rings. The molecule has 0 amide bonds. The summed E-state index contributed by atoms with van der Waals surface area (Å²) in [5.41, 5.74) is 1.12. The Morgan fingerprint density at radius 1 is 0.694 bits per heavy atom. The van der Waals surface area contributed by atoms with E-state index in [4.69, 9.17) is 0 Å². The van der Waals surface area contributed by atoms with Gasteiger partial charge in [0.25, 0.3) is 0 Å². The second kappa shape index (κ2) is 22.1. The number of quaternary nitrogens is 1. The molecule has 0 aliphatic rings. The summed E-state index contributed by atoms with van der Waals surface area (Å²) < 4.78 is 0. The highest BCUT2D eigenvalue weighted by atomic mass is 16.3. The minimum Gasteiger partial charge on any atom is -0.508 e. The molecule has 0 saturated heterocycles. The normalized spacial score (nSPS) is 10.8. The predicted molar refractivity (Wildman–Crippen MR) is 155 cm³/mol. The summed E-state index contributed by atoms with van der Waals surface area (Å²) in [5, 5.41) is 9.23. The fourth-order valence-corrected chi connectivity index (χ4v) is 4.27. The van der Waals surface area contributed by atoms with Crippen LogP contribution in [0.25, 0.3) is 0 Å². The van der Waals surface area contributed by atoms with Crippen LogP contribution in [-0.4, -0.2) is 42.3 Å². The van der Waals surface area contributed by atoms with Crippen LogP contribution in [0.4, 0.5) is 5.95 Å². The van der Waals surface area contributed by atoms with Gasteiger partial charge in [-0.15, -0.1) is 0 Å². The number of unbranched alkanes of at least 4 members (excludes halogenated alkanes) is 13. The van der Waals surface area contributed by atoms with Gasteiger partial charge in [-0.25, -0.2) is 9.97 Å². The Hall–Kier alpha value is -2.14. The van der Waals surface area contributed by atoms with Crippen LogP contribution in [0.2, 0.25) is 0 Å². The number of benzene rings is 1. The highest BCUT2D eigenvalue weighted by Crippen LogP contribution is 2.15. The summed E-state index contributed by atoms with van der Waals surface area (Å²) >= 11 is 0. The summed E-state index contributed by atoms with van der Waals surface area (Å²) in [6.45, 7) is 7.28. The van der Waals surface area contributed by atoms with Gasteiger partial charge in [0.2, 0.25) is 5.95 Å². The number of aromatic hydroxyl groups is 1. The van der Waals surface area contributed by atoms with Crippen molar-refractivity contribution in [3.8, 4) is 5.75 Å². The molecule has 0 radical (unpaired) electrons. The lowest BCUT2D eigenvalue weighted by Gasteiger charge is -2.20. The molecule has 0 unspecified atom stereocenters. The Morgan fingerprint density at radius 2 is 1.17 bits per heavy atom. The first kappa shape index (κ1) is 31.9. The zero-order chi connectivity index (χ0) is 26.3. The average Bonchev–Trinajstić information content (AvgIpc) is 2.89. The standard InChI is InChI=1S/C18H39N.C13H15N3O/c1-4-5-6-7-8-9-10-11-12-13-14-15-16-17-18-19(2)3;1-2-16(13-14-8-3-9-15-13)10-11-4-6-12(17)7-5-11/h4-18H2,1-3H3;3-9,17H,2,10H2,1H3/p+1. The summed E-state index contributed by atoms with van der Waals surface area (Å²) in [4.78, 5) is 12.1. The van der Waals surface area contributed by atoms with Crippen LogP contribution in [0.1, 0.15) is 109 Å². The third kappa shape index (κ3) is 17.3. The van der Waals surface area contributed by atoms with Crippen LogP contribution in [-0.2, 0) is 6.54 Å². The van der Waals surface area contributed by atoms with Crippen molar-refractivity contribution < 1.29 is 10.0 Å². The first-order valence-electron chi connectivity index (χ1n) is 14.7. The Morgan fingerprint density at radius 3 is 1.61 bits per heavy atom. The van der Waals surface area contributed by atoms with Gasteiger partial charge in [0, 0.05) is 25.5 Å². The highest BCUT2D eigenvalue weighted by molar-refractivity contribution is 5.33. The molecule has 204 valence electrons. The van der Waals surface area contributed by atoms with Crippen LogP contribution in [0.5, 0.6) is 5.75 Å². The van der Waals surface area contributed by atoms with Crippen molar-refractivity contribution in [2.24, 2.45) is 0 Å². The number of hydrogen-bond donors (Lipinski definition) is 2. The van der Waals surface area contributed by atoms with Crippen molar-refractivity contribution in [3.05, 3.63) is 48.3 Å². The van der Waals surface area contributed by atoms with E-state index in [1.807, 2.05) is 12.1 Å². The van der Waals surface area contributed by atoms with E-state index in [2.05, 4.69) is 42.8 Å². The Bertz CT molecular complexity index is 721. The van der Waals surface area contributed by atoms with Crippen molar-refractivity contribution in [2.45, 2.75) is 110 Å². The maximum atomic E-state index is 9.23. The highest BCUT2D eigenvalue weighted by Gasteiger charge is 2.07. The third-order valence-electron chi connectivity index (χ3n) is 6.56. The maximum Gasteiger partial charge on any atom is 0.225 e. The van der Waals surface area contributed by atoms with E-state index in [1.165, 1.54) is 96.4 Å². The first-order chi connectivity index (χ1) is 17.6. The van der Waals surface area contributed by atoms with Crippen LogP contribution >= 0.6 is 0 Å². The molecule has 0 aliphatic heterocycles. The number of rotatable bonds is 19. The second-order valence-electron chi connectivity index (χ2n) is 10.3. The van der Waals surface area contributed by atoms with E-state index in [-0.39, 0.29) is 5.75 Å². The van der Waals surface area contributed by atoms with Gasteiger partial charge >= 0.3 is 0 Å². The van der Waals surface area contributed by atoms with E-state index >= 15 is 0 Å². The SMILES string of the molecule is CCCCCCCCCCCCCCCC[NH+](C)C.CCN(Cc1ccc(O)cc1)c1ncccn1. The van der Waals surface area contributed by atoms with E-state index in [1.54, 1.807) is 35.5 Å². The monoisotopic (exact) mass is 499 g/mol. The first-order valence-corrected chi connectivity index (χ1v) is 14.7. The molecular formula is C31H55N4O+. The van der Waals surface area contributed by atoms with Crippen molar-refractivity contribution in [1.29, 1.82) is 0 Å². The summed E-state index contributed by atoms with van der Waals surface area (Å²) in [7, 11) is 4.50. The van der Waals surface area contributed by atoms with E-state index in [0.29, 0.717) is 0 Å². The van der Waals surface area contributed by atoms with Crippen LogP contribution < -0.4 is 9.80 Å². The lowest BCUT2D eigenvalue weighted by Crippen LogP contribution is -3.05. The van der Waals surface area contributed by atoms with Gasteiger partial charge in [0.15, 0.2) is 0 Å². The fourth-order valence-electron chi connectivity index (χ4n) is 4.27. The molecule has 2 rings (SSSR count). The number of nitrogens with one attached hydrogen (secondary N) is 1. The molecule has 0 bridgehead atoms. The molecule has 2 aromatic rings. The predicted octanol–water partition coefficient (Wildman–Crippen LogP) is 6.82. The number of phenols is 1. The molecule has 0 saturated carbocycles. The van der Waals surface area contributed by atoms with Crippen molar-refractivity contribution in [1.82, 2.24) is 9.97 Å². The Balaban J connectivity index is 0.000000361. The molecule has 0 atom stereocenters. The number of anilines is 1. The smallest absolute Gasteiger partial charge is 0.225 e. The number of nitrogens with zero attached hydrogens (tertiary/aromatic N) is 3. The topological polar surface area (TPSA) is 53.7 Å². The lowest BCUT2D eigenvalue weighted by molar-refractivity contribution is -0.858. The van der Waals surface area contributed by atoms with Gasteiger partial charge < -0.3 is 14.9 Å². The summed E-state index contributed by atoms with van der Waals surface area (Å²) in [5.74, 6) is 1.01. The largest absolute Gasteiger partial charge is 0.508 e. The summed E-state index contributed by atoms with van der Waals surface area (Å²) in [6, 6.07) is 8.99. The van der Waals surface area contributed by atoms with E-state index in [9.17, 15) is 5.11 Å². The molecule has 0 aliphatic carbocycles.